The van der Waals surface area contributed by atoms with Gasteiger partial charge in [-0.25, -0.2) is 15.0 Å². The van der Waals surface area contributed by atoms with Crippen LogP contribution in [0.15, 0.2) is 12.4 Å². The highest BCUT2D eigenvalue weighted by Gasteiger charge is 2.46. The Bertz CT molecular complexity index is 930. The van der Waals surface area contributed by atoms with Crippen LogP contribution in [-0.4, -0.2) is 56.2 Å². The minimum absolute atomic E-state index is 0.0541. The van der Waals surface area contributed by atoms with Gasteiger partial charge in [0.1, 0.15) is 17.5 Å². The Balaban J connectivity index is 1.29. The third-order valence-corrected chi connectivity index (χ3v) is 8.29. The first-order valence-corrected chi connectivity index (χ1v) is 12.2. The number of nitrogens with one attached hydrogen (secondary N) is 2. The Hall–Kier alpha value is -1.99. The first-order valence-electron chi connectivity index (χ1n) is 12.2. The fourth-order valence-corrected chi connectivity index (χ4v) is 6.02. The smallest absolute Gasteiger partial charge is 0.134 e. The molecule has 2 saturated carbocycles. The van der Waals surface area contributed by atoms with E-state index in [1.54, 1.807) is 0 Å². The maximum Gasteiger partial charge on any atom is 0.134 e. The van der Waals surface area contributed by atoms with E-state index in [0.717, 1.165) is 62.9 Å². The Morgan fingerprint density at radius 2 is 2.06 bits per heavy atom. The lowest BCUT2D eigenvalue weighted by Crippen LogP contribution is -2.45. The molecule has 3 fully saturated rings. The molecule has 3 aliphatic carbocycles. The number of aliphatic hydroxyl groups is 1. The van der Waals surface area contributed by atoms with Crippen LogP contribution >= 0.6 is 0 Å². The molecule has 1 saturated heterocycles. The second-order valence-electron chi connectivity index (χ2n) is 10.5. The summed E-state index contributed by atoms with van der Waals surface area (Å²) in [5.74, 6) is 3.71. The van der Waals surface area contributed by atoms with Crippen LogP contribution in [0.4, 0.5) is 5.82 Å². The highest BCUT2D eigenvalue weighted by molar-refractivity contribution is 5.53. The van der Waals surface area contributed by atoms with E-state index in [2.05, 4.69) is 20.2 Å². The topological polar surface area (TPSA) is 90.0 Å². The van der Waals surface area contributed by atoms with Crippen molar-refractivity contribution in [3.05, 3.63) is 35.3 Å². The number of aromatic amines is 1. The highest BCUT2D eigenvalue weighted by atomic mass is 16.3. The van der Waals surface area contributed by atoms with Crippen molar-refractivity contribution < 1.29 is 5.11 Å². The van der Waals surface area contributed by atoms with Gasteiger partial charge in [-0.3, -0.25) is 4.90 Å². The average Bonchev–Trinajstić information content (AvgIpc) is 3.39. The van der Waals surface area contributed by atoms with Gasteiger partial charge < -0.3 is 15.4 Å². The second kappa shape index (κ2) is 7.55. The van der Waals surface area contributed by atoms with E-state index < -0.39 is 0 Å². The molecule has 1 atom stereocenters. The second-order valence-corrected chi connectivity index (χ2v) is 10.5. The number of likely N-dealkylation sites (tertiary alicyclic amines) is 1. The summed E-state index contributed by atoms with van der Waals surface area (Å²) in [5.41, 5.74) is 2.87. The van der Waals surface area contributed by atoms with E-state index in [0.29, 0.717) is 5.92 Å². The van der Waals surface area contributed by atoms with E-state index in [4.69, 9.17) is 9.97 Å². The molecule has 2 aromatic heterocycles. The van der Waals surface area contributed by atoms with Crippen molar-refractivity contribution in [1.29, 1.82) is 0 Å². The van der Waals surface area contributed by atoms with E-state index in [-0.39, 0.29) is 17.4 Å². The van der Waals surface area contributed by atoms with Crippen LogP contribution in [-0.2, 0) is 18.4 Å². The van der Waals surface area contributed by atoms with E-state index in [1.165, 1.54) is 49.8 Å². The summed E-state index contributed by atoms with van der Waals surface area (Å²) in [6, 6.07) is 0. The summed E-state index contributed by atoms with van der Waals surface area (Å²) in [7, 11) is 0. The maximum atomic E-state index is 9.91. The predicted molar refractivity (Wildman–Crippen MR) is 119 cm³/mol. The summed E-state index contributed by atoms with van der Waals surface area (Å²) in [6.45, 7) is 4.17. The van der Waals surface area contributed by atoms with E-state index >= 15 is 0 Å². The quantitative estimate of drug-likeness (QED) is 0.635. The number of imidazole rings is 1. The third-order valence-electron chi connectivity index (χ3n) is 8.29. The van der Waals surface area contributed by atoms with Gasteiger partial charge in [0.2, 0.25) is 0 Å². The molecule has 31 heavy (non-hydrogen) atoms. The van der Waals surface area contributed by atoms with Gasteiger partial charge in [0.15, 0.2) is 0 Å². The minimum atomic E-state index is 0.0541. The molecular weight excluding hydrogens is 388 g/mol. The van der Waals surface area contributed by atoms with Crippen LogP contribution in [0.25, 0.3) is 0 Å². The molecular formula is C24H34N6O. The van der Waals surface area contributed by atoms with E-state index in [1.807, 2.05) is 12.4 Å². The molecule has 1 unspecified atom stereocenters. The zero-order valence-corrected chi connectivity index (χ0v) is 18.4. The van der Waals surface area contributed by atoms with Crippen LogP contribution < -0.4 is 5.32 Å². The predicted octanol–water partition coefficient (Wildman–Crippen LogP) is 3.13. The fourth-order valence-electron chi connectivity index (χ4n) is 6.02. The van der Waals surface area contributed by atoms with Crippen LogP contribution in [0.2, 0.25) is 0 Å². The number of fused-ring (bicyclic) bond motifs is 2. The standard InChI is InChI=1S/C24H34N6O/c31-16-23(6-1-7-23)14-27-22-18-5-9-24(20(18)28-21(29-22)17-3-4-17)8-2-12-30(15-24)13-19-25-10-11-26-19/h10-11,17,31H,1-9,12-16H2,(H,25,26)(H,27,28,29). The number of aromatic nitrogens is 4. The number of piperidine rings is 1. The number of rotatable bonds is 7. The molecule has 6 rings (SSSR count). The Labute approximate surface area is 184 Å². The first kappa shape index (κ1) is 19.7. The molecule has 0 radical (unpaired) electrons. The monoisotopic (exact) mass is 422 g/mol. The summed E-state index contributed by atoms with van der Waals surface area (Å²) >= 11 is 0. The third kappa shape index (κ3) is 3.55. The first-order chi connectivity index (χ1) is 15.2. The van der Waals surface area contributed by atoms with Crippen molar-refractivity contribution >= 4 is 5.82 Å². The van der Waals surface area contributed by atoms with Crippen LogP contribution in [0.3, 0.4) is 0 Å². The zero-order valence-electron chi connectivity index (χ0n) is 18.4. The number of anilines is 1. The number of H-pyrrole nitrogens is 1. The molecule has 1 spiro atoms. The largest absolute Gasteiger partial charge is 0.396 e. The summed E-state index contributed by atoms with van der Waals surface area (Å²) in [6.07, 6.45) is 14.3. The van der Waals surface area contributed by atoms with Gasteiger partial charge >= 0.3 is 0 Å². The lowest BCUT2D eigenvalue weighted by Gasteiger charge is -2.41. The highest BCUT2D eigenvalue weighted by Crippen LogP contribution is 2.48. The Kier molecular flexibility index (Phi) is 4.79. The molecule has 0 bridgehead atoms. The number of nitrogens with zero attached hydrogens (tertiary/aromatic N) is 4. The molecule has 0 aromatic carbocycles. The zero-order chi connectivity index (χ0) is 20.9. The molecule has 3 heterocycles. The van der Waals surface area contributed by atoms with Gasteiger partial charge in [-0.2, -0.15) is 0 Å². The average molecular weight is 423 g/mol. The molecule has 7 nitrogen and oxygen atoms in total. The summed E-state index contributed by atoms with van der Waals surface area (Å²) in [4.78, 5) is 20.5. The van der Waals surface area contributed by atoms with Gasteiger partial charge in [0.05, 0.1) is 18.8 Å². The summed E-state index contributed by atoms with van der Waals surface area (Å²) in [5, 5.41) is 13.6. The normalized spacial score (nSPS) is 27.3. The molecule has 166 valence electrons. The van der Waals surface area contributed by atoms with Crippen molar-refractivity contribution in [2.75, 3.05) is 31.6 Å². The Morgan fingerprint density at radius 1 is 1.16 bits per heavy atom. The SMILES string of the molecule is OCC1(CNc2nc(C3CC3)nc3c2CCC32CCCN(Cc3ncc[nH]3)C2)CCC1. The molecule has 4 aliphatic rings. The van der Waals surface area contributed by atoms with Crippen molar-refractivity contribution in [2.45, 2.75) is 75.7 Å². The maximum absolute atomic E-state index is 9.91. The number of hydrogen-bond acceptors (Lipinski definition) is 6. The van der Waals surface area contributed by atoms with Gasteiger partial charge in [-0.15, -0.1) is 0 Å². The van der Waals surface area contributed by atoms with Crippen LogP contribution in [0, 0.1) is 5.41 Å². The van der Waals surface area contributed by atoms with Crippen molar-refractivity contribution in [3.63, 3.8) is 0 Å². The molecule has 2 aromatic rings. The lowest BCUT2D eigenvalue weighted by atomic mass is 9.69. The molecule has 3 N–H and O–H groups in total. The van der Waals surface area contributed by atoms with Crippen molar-refractivity contribution in [2.24, 2.45) is 5.41 Å². The van der Waals surface area contributed by atoms with Gasteiger partial charge in [0.25, 0.3) is 0 Å². The lowest BCUT2D eigenvalue weighted by molar-refractivity contribution is 0.0575. The number of hydrogen-bond donors (Lipinski definition) is 3. The summed E-state index contributed by atoms with van der Waals surface area (Å²) < 4.78 is 0. The van der Waals surface area contributed by atoms with Crippen LogP contribution in [0.1, 0.15) is 80.2 Å². The Morgan fingerprint density at radius 3 is 2.77 bits per heavy atom. The minimum Gasteiger partial charge on any atom is -0.396 e. The molecule has 7 heteroatoms. The van der Waals surface area contributed by atoms with Crippen molar-refractivity contribution in [3.8, 4) is 0 Å². The van der Waals surface area contributed by atoms with Crippen LogP contribution in [0.5, 0.6) is 0 Å². The number of aliphatic hydroxyl groups excluding tert-OH is 1. The molecule has 0 amide bonds. The molecule has 1 aliphatic heterocycles. The van der Waals surface area contributed by atoms with Gasteiger partial charge in [-0.05, 0) is 57.9 Å². The van der Waals surface area contributed by atoms with Gasteiger partial charge in [0, 0.05) is 47.8 Å². The fraction of sp³-hybridized carbons (Fsp3) is 0.708. The van der Waals surface area contributed by atoms with Crippen molar-refractivity contribution in [1.82, 2.24) is 24.8 Å². The van der Waals surface area contributed by atoms with E-state index in [9.17, 15) is 5.11 Å². The van der Waals surface area contributed by atoms with Gasteiger partial charge in [-0.1, -0.05) is 6.42 Å².